The molecule has 0 aliphatic heterocycles. The van der Waals surface area contributed by atoms with Gasteiger partial charge in [0.05, 0.1) is 28.7 Å². The van der Waals surface area contributed by atoms with Crippen molar-refractivity contribution < 1.29 is 18.8 Å². The number of hydrogen-bond donors (Lipinski definition) is 5. The van der Waals surface area contributed by atoms with E-state index in [-0.39, 0.29) is 29.5 Å². The van der Waals surface area contributed by atoms with Gasteiger partial charge < -0.3 is 27.4 Å². The van der Waals surface area contributed by atoms with Gasteiger partial charge in [0.1, 0.15) is 11.9 Å². The smallest absolute Gasteiger partial charge is 0.252 e. The lowest BCUT2D eigenvalue weighted by atomic mass is 10.1. The molecule has 1 unspecified atom stereocenters. The molecule has 3 amide bonds. The molecule has 37 heavy (non-hydrogen) atoms. The van der Waals surface area contributed by atoms with Crippen molar-refractivity contribution >= 4 is 51.6 Å². The lowest BCUT2D eigenvalue weighted by Crippen LogP contribution is -2.38. The fourth-order valence-corrected chi connectivity index (χ4v) is 3.77. The summed E-state index contributed by atoms with van der Waals surface area (Å²) in [7, 11) is 0. The van der Waals surface area contributed by atoms with Crippen LogP contribution in [0.4, 0.5) is 27.4 Å². The fraction of sp³-hybridized carbons (Fsp3) is 0.115. The molecule has 2 aromatic carbocycles. The maximum absolute atomic E-state index is 14.9. The maximum Gasteiger partial charge on any atom is 0.252 e. The van der Waals surface area contributed by atoms with Gasteiger partial charge in [0.2, 0.25) is 11.8 Å². The largest absolute Gasteiger partial charge is 0.368 e. The monoisotopic (exact) mass is 501 g/mol. The third-order valence-corrected chi connectivity index (χ3v) is 5.46. The van der Waals surface area contributed by atoms with E-state index in [9.17, 15) is 18.8 Å². The second-order valence-corrected chi connectivity index (χ2v) is 8.28. The summed E-state index contributed by atoms with van der Waals surface area (Å²) in [5.74, 6) is -3.05. The minimum atomic E-state index is -0.966. The first-order valence-corrected chi connectivity index (χ1v) is 11.2. The van der Waals surface area contributed by atoms with Crippen LogP contribution in [0.2, 0.25) is 0 Å². The number of carbonyl (C=O) groups is 3. The van der Waals surface area contributed by atoms with E-state index in [4.69, 9.17) is 11.5 Å². The number of nitrogens with one attached hydrogen (secondary N) is 3. The van der Waals surface area contributed by atoms with Gasteiger partial charge in [-0.3, -0.25) is 19.4 Å². The van der Waals surface area contributed by atoms with Crippen LogP contribution in [0, 0.1) is 5.82 Å². The highest BCUT2D eigenvalue weighted by Crippen LogP contribution is 2.28. The van der Waals surface area contributed by atoms with Crippen LogP contribution in [0.25, 0.3) is 10.9 Å². The van der Waals surface area contributed by atoms with E-state index in [1.807, 2.05) is 30.3 Å². The molecule has 188 valence electrons. The van der Waals surface area contributed by atoms with E-state index in [1.165, 1.54) is 13.1 Å². The summed E-state index contributed by atoms with van der Waals surface area (Å²) < 4.78 is 14.9. The zero-order chi connectivity index (χ0) is 26.5. The predicted octanol–water partition coefficient (Wildman–Crippen LogP) is 3.08. The predicted molar refractivity (Wildman–Crippen MR) is 139 cm³/mol. The zero-order valence-corrected chi connectivity index (χ0v) is 19.8. The minimum absolute atomic E-state index is 0.0431. The van der Waals surface area contributed by atoms with E-state index in [2.05, 4.69) is 25.9 Å². The molecule has 11 heteroatoms. The number of halogens is 1. The Morgan fingerprint density at radius 2 is 1.76 bits per heavy atom. The molecule has 0 bridgehead atoms. The Hall–Kier alpha value is -5.06. The van der Waals surface area contributed by atoms with Crippen molar-refractivity contribution in [3.05, 3.63) is 83.8 Å². The number of benzene rings is 2. The van der Waals surface area contributed by atoms with E-state index in [0.717, 1.165) is 11.6 Å². The summed E-state index contributed by atoms with van der Waals surface area (Å²) in [6, 6.07) is 16.0. The van der Waals surface area contributed by atoms with Crippen LogP contribution in [0.3, 0.4) is 0 Å². The molecule has 0 aliphatic rings. The molecule has 2 aromatic heterocycles. The number of fused-ring (bicyclic) bond motifs is 1. The van der Waals surface area contributed by atoms with E-state index >= 15 is 0 Å². The molecule has 10 nitrogen and oxygen atoms in total. The van der Waals surface area contributed by atoms with E-state index < -0.39 is 23.7 Å². The number of para-hydroxylation sites is 1. The highest BCUT2D eigenvalue weighted by Gasteiger charge is 2.22. The number of amides is 3. The van der Waals surface area contributed by atoms with Crippen molar-refractivity contribution in [1.82, 2.24) is 9.97 Å². The third kappa shape index (κ3) is 5.96. The number of nitrogens with two attached hydrogens (primary N) is 2. The first-order chi connectivity index (χ1) is 17.7. The van der Waals surface area contributed by atoms with E-state index in [0.29, 0.717) is 22.3 Å². The first-order valence-electron chi connectivity index (χ1n) is 11.2. The van der Waals surface area contributed by atoms with Gasteiger partial charge in [-0.1, -0.05) is 42.5 Å². The topological polar surface area (TPSA) is 165 Å². The molecule has 0 aliphatic carbocycles. The highest BCUT2D eigenvalue weighted by molar-refractivity contribution is 6.01. The first kappa shape index (κ1) is 25.0. The molecule has 2 heterocycles. The van der Waals surface area contributed by atoms with Gasteiger partial charge in [-0.25, -0.2) is 9.37 Å². The zero-order valence-electron chi connectivity index (χ0n) is 19.8. The lowest BCUT2D eigenvalue weighted by Gasteiger charge is -2.18. The normalized spacial score (nSPS) is 11.5. The Morgan fingerprint density at radius 3 is 2.43 bits per heavy atom. The number of hydrogen-bond acceptors (Lipinski definition) is 7. The number of anilines is 4. The maximum atomic E-state index is 14.9. The van der Waals surface area contributed by atoms with Crippen molar-refractivity contribution in [3.8, 4) is 0 Å². The van der Waals surface area contributed by atoms with Gasteiger partial charge in [0.25, 0.3) is 5.91 Å². The second kappa shape index (κ2) is 10.7. The number of nitrogens with zero attached hydrogens (tertiary/aromatic N) is 2. The Morgan fingerprint density at radius 1 is 1.00 bits per heavy atom. The molecule has 0 radical (unpaired) electrons. The quantitative estimate of drug-likeness (QED) is 0.235. The average Bonchev–Trinajstić information content (AvgIpc) is 2.85. The van der Waals surface area contributed by atoms with Gasteiger partial charge >= 0.3 is 0 Å². The number of rotatable bonds is 9. The highest BCUT2D eigenvalue weighted by atomic mass is 19.1. The molecule has 1 atom stereocenters. The summed E-state index contributed by atoms with van der Waals surface area (Å²) in [6.07, 6.45) is 1.67. The van der Waals surface area contributed by atoms with Crippen LogP contribution in [0.5, 0.6) is 0 Å². The van der Waals surface area contributed by atoms with Gasteiger partial charge in [0.15, 0.2) is 11.6 Å². The van der Waals surface area contributed by atoms with Crippen LogP contribution in [0.15, 0.2) is 66.9 Å². The van der Waals surface area contributed by atoms with E-state index in [1.54, 1.807) is 24.3 Å². The molecular formula is C26H24FN7O3. The summed E-state index contributed by atoms with van der Waals surface area (Å²) in [6.45, 7) is 1.40. The van der Waals surface area contributed by atoms with Crippen molar-refractivity contribution in [1.29, 1.82) is 0 Å². The third-order valence-electron chi connectivity index (χ3n) is 5.46. The second-order valence-electron chi connectivity index (χ2n) is 8.28. The van der Waals surface area contributed by atoms with Crippen LogP contribution >= 0.6 is 0 Å². The molecule has 0 spiro atoms. The van der Waals surface area contributed by atoms with Crippen LogP contribution in [0.1, 0.15) is 22.8 Å². The van der Waals surface area contributed by atoms with Crippen LogP contribution in [-0.4, -0.2) is 33.7 Å². The van der Waals surface area contributed by atoms with Crippen molar-refractivity contribution in [3.63, 3.8) is 0 Å². The van der Waals surface area contributed by atoms with Crippen molar-refractivity contribution in [2.45, 2.75) is 19.4 Å². The summed E-state index contributed by atoms with van der Waals surface area (Å²) in [5.41, 5.74) is 13.1. The summed E-state index contributed by atoms with van der Waals surface area (Å²) in [5, 5.41) is 9.08. The Balaban J connectivity index is 1.66. The van der Waals surface area contributed by atoms with Crippen LogP contribution in [-0.2, 0) is 16.0 Å². The number of pyridine rings is 2. The molecule has 7 N–H and O–H groups in total. The van der Waals surface area contributed by atoms with Crippen molar-refractivity contribution in [2.24, 2.45) is 11.5 Å². The summed E-state index contributed by atoms with van der Waals surface area (Å²) >= 11 is 0. The standard InChI is InChI=1S/C26H24FN7O3/c1-14(35)31-20-9-5-8-16-11-17(13-30-22(16)20)32-25-18(23(28)36)12-19(27)26(34-25)33-21(24(29)37)10-15-6-3-2-4-7-15/h2-9,11-13,21H,10H2,1H3,(H2,28,36)(H2,29,37)(H,31,35)(H2,32,33,34). The molecule has 0 saturated carbocycles. The van der Waals surface area contributed by atoms with Gasteiger partial charge in [-0.2, -0.15) is 0 Å². The number of aromatic nitrogens is 2. The molecular weight excluding hydrogens is 477 g/mol. The van der Waals surface area contributed by atoms with Gasteiger partial charge in [-0.05, 0) is 23.8 Å². The van der Waals surface area contributed by atoms with Gasteiger partial charge in [-0.15, -0.1) is 0 Å². The SMILES string of the molecule is CC(=O)Nc1cccc2cc(Nc3nc(NC(Cc4ccccc4)C(N)=O)c(F)cc3C(N)=O)cnc12. The summed E-state index contributed by atoms with van der Waals surface area (Å²) in [4.78, 5) is 44.2. The number of carbonyl (C=O) groups excluding carboxylic acids is 3. The molecule has 0 fully saturated rings. The Bertz CT molecular complexity index is 1490. The minimum Gasteiger partial charge on any atom is -0.368 e. The fourth-order valence-electron chi connectivity index (χ4n) is 3.77. The van der Waals surface area contributed by atoms with Crippen molar-refractivity contribution in [2.75, 3.05) is 16.0 Å². The van der Waals surface area contributed by atoms with Gasteiger partial charge in [0, 0.05) is 18.7 Å². The number of primary amides is 2. The Kier molecular flexibility index (Phi) is 7.23. The Labute approximate surface area is 211 Å². The molecule has 0 saturated heterocycles. The molecule has 4 rings (SSSR count). The lowest BCUT2D eigenvalue weighted by molar-refractivity contribution is -0.118. The molecule has 4 aromatic rings. The average molecular weight is 502 g/mol. The van der Waals surface area contributed by atoms with Crippen LogP contribution < -0.4 is 27.4 Å².